The van der Waals surface area contributed by atoms with Crippen molar-refractivity contribution in [3.63, 3.8) is 0 Å². The molecule has 0 amide bonds. The lowest BCUT2D eigenvalue weighted by atomic mass is 10.3. The van der Waals surface area contributed by atoms with Gasteiger partial charge in [-0.25, -0.2) is 9.97 Å². The Labute approximate surface area is 107 Å². The molecule has 0 aliphatic carbocycles. The maximum Gasteiger partial charge on any atom is 0.280 e. The van der Waals surface area contributed by atoms with E-state index in [-0.39, 0.29) is 22.7 Å². The number of aromatic nitrogens is 4. The second-order valence-corrected chi connectivity index (χ2v) is 4.13. The van der Waals surface area contributed by atoms with Gasteiger partial charge in [0, 0.05) is 10.7 Å². The van der Waals surface area contributed by atoms with E-state index in [2.05, 4.69) is 51.8 Å². The quantitative estimate of drug-likeness (QED) is 0.791. The zero-order valence-corrected chi connectivity index (χ0v) is 11.2. The lowest BCUT2D eigenvalue weighted by Gasteiger charge is -2.04. The van der Waals surface area contributed by atoms with Gasteiger partial charge in [-0.15, -0.1) is 0 Å². The van der Waals surface area contributed by atoms with Crippen LogP contribution in [0.25, 0.3) is 11.2 Å². The standard InChI is InChI=1S/C8H7Br2N5O/c9-1-3-4(2-10)13-6-5(12-3)7(16)15-8(11)14-6/h1-2H2,(H3,11,13,14,15,16). The molecule has 0 radical (unpaired) electrons. The number of halogens is 2. The molecule has 16 heavy (non-hydrogen) atoms. The van der Waals surface area contributed by atoms with Gasteiger partial charge in [-0.05, 0) is 0 Å². The maximum absolute atomic E-state index is 11.6. The van der Waals surface area contributed by atoms with Crippen LogP contribution in [0.2, 0.25) is 0 Å². The van der Waals surface area contributed by atoms with E-state index in [4.69, 9.17) is 5.73 Å². The maximum atomic E-state index is 11.6. The monoisotopic (exact) mass is 347 g/mol. The minimum absolute atomic E-state index is 0.0407. The van der Waals surface area contributed by atoms with E-state index in [0.29, 0.717) is 16.4 Å². The highest BCUT2D eigenvalue weighted by atomic mass is 79.9. The Bertz CT molecular complexity index is 597. The highest BCUT2D eigenvalue weighted by molar-refractivity contribution is 9.09. The molecule has 0 aliphatic rings. The van der Waals surface area contributed by atoms with Crippen LogP contribution < -0.4 is 11.3 Å². The molecular weight excluding hydrogens is 342 g/mol. The van der Waals surface area contributed by atoms with Crippen LogP contribution in [-0.4, -0.2) is 19.9 Å². The van der Waals surface area contributed by atoms with E-state index < -0.39 is 0 Å². The molecule has 6 nitrogen and oxygen atoms in total. The van der Waals surface area contributed by atoms with Crippen molar-refractivity contribution < 1.29 is 0 Å². The van der Waals surface area contributed by atoms with Gasteiger partial charge < -0.3 is 5.73 Å². The third kappa shape index (κ3) is 1.94. The molecule has 0 atom stereocenters. The van der Waals surface area contributed by atoms with Crippen LogP contribution in [-0.2, 0) is 10.7 Å². The number of aromatic amines is 1. The summed E-state index contributed by atoms with van der Waals surface area (Å²) in [7, 11) is 0. The molecule has 8 heteroatoms. The first kappa shape index (κ1) is 11.5. The van der Waals surface area contributed by atoms with Crippen LogP contribution in [0.5, 0.6) is 0 Å². The van der Waals surface area contributed by atoms with E-state index >= 15 is 0 Å². The molecule has 0 saturated heterocycles. The number of nitrogen functional groups attached to an aromatic ring is 1. The Morgan fingerprint density at radius 2 is 1.75 bits per heavy atom. The van der Waals surface area contributed by atoms with Crippen molar-refractivity contribution in [2.75, 3.05) is 5.73 Å². The normalized spacial score (nSPS) is 10.9. The lowest BCUT2D eigenvalue weighted by molar-refractivity contribution is 1.04. The van der Waals surface area contributed by atoms with Crippen LogP contribution >= 0.6 is 31.9 Å². The molecule has 2 aromatic rings. The second-order valence-electron chi connectivity index (χ2n) is 3.01. The third-order valence-corrected chi connectivity index (χ3v) is 3.03. The molecule has 0 spiro atoms. The van der Waals surface area contributed by atoms with Gasteiger partial charge in [0.15, 0.2) is 11.2 Å². The molecule has 2 aromatic heterocycles. The number of hydrogen-bond donors (Lipinski definition) is 2. The fourth-order valence-corrected chi connectivity index (χ4v) is 2.15. The first-order chi connectivity index (χ1) is 7.65. The largest absolute Gasteiger partial charge is 0.369 e. The topological polar surface area (TPSA) is 97.5 Å². The Balaban J connectivity index is 2.83. The molecule has 0 fully saturated rings. The van der Waals surface area contributed by atoms with Crippen LogP contribution in [0.3, 0.4) is 0 Å². The molecule has 2 rings (SSSR count). The van der Waals surface area contributed by atoms with Crippen molar-refractivity contribution in [1.29, 1.82) is 0 Å². The second kappa shape index (κ2) is 4.46. The highest BCUT2D eigenvalue weighted by Crippen LogP contribution is 2.14. The predicted octanol–water partition coefficient (Wildman–Crippen LogP) is 1.09. The molecule has 3 N–H and O–H groups in total. The van der Waals surface area contributed by atoms with Crippen molar-refractivity contribution in [3.05, 3.63) is 21.7 Å². The molecular formula is C8H7Br2N5O. The Morgan fingerprint density at radius 3 is 2.38 bits per heavy atom. The summed E-state index contributed by atoms with van der Waals surface area (Å²) < 4.78 is 0. The van der Waals surface area contributed by atoms with E-state index in [9.17, 15) is 4.79 Å². The van der Waals surface area contributed by atoms with Gasteiger partial charge in [0.05, 0.1) is 11.4 Å². The summed E-state index contributed by atoms with van der Waals surface area (Å²) in [5.74, 6) is 0.0407. The summed E-state index contributed by atoms with van der Waals surface area (Å²) in [6.07, 6.45) is 0. The van der Waals surface area contributed by atoms with Crippen molar-refractivity contribution in [2.45, 2.75) is 10.7 Å². The highest BCUT2D eigenvalue weighted by Gasteiger charge is 2.10. The Kier molecular flexibility index (Phi) is 3.20. The van der Waals surface area contributed by atoms with Crippen LogP contribution in [0.1, 0.15) is 11.4 Å². The first-order valence-electron chi connectivity index (χ1n) is 4.33. The van der Waals surface area contributed by atoms with Gasteiger partial charge >= 0.3 is 0 Å². The van der Waals surface area contributed by atoms with Gasteiger partial charge in [-0.3, -0.25) is 9.78 Å². The zero-order chi connectivity index (χ0) is 11.7. The molecule has 0 unspecified atom stereocenters. The van der Waals surface area contributed by atoms with Crippen molar-refractivity contribution in [2.24, 2.45) is 0 Å². The Hall–Kier alpha value is -1.02. The number of fused-ring (bicyclic) bond motifs is 1. The van der Waals surface area contributed by atoms with Gasteiger partial charge in [0.2, 0.25) is 5.95 Å². The van der Waals surface area contributed by atoms with Crippen molar-refractivity contribution in [3.8, 4) is 0 Å². The number of nitrogens with two attached hydrogens (primary N) is 1. The van der Waals surface area contributed by atoms with Gasteiger partial charge in [-0.1, -0.05) is 31.9 Å². The number of rotatable bonds is 2. The number of hydrogen-bond acceptors (Lipinski definition) is 5. The summed E-state index contributed by atoms with van der Waals surface area (Å²) >= 11 is 6.60. The fraction of sp³-hybridized carbons (Fsp3) is 0.250. The summed E-state index contributed by atoms with van der Waals surface area (Å²) in [6.45, 7) is 0. The third-order valence-electron chi connectivity index (χ3n) is 1.97. The van der Waals surface area contributed by atoms with E-state index in [1.807, 2.05) is 0 Å². The lowest BCUT2D eigenvalue weighted by Crippen LogP contribution is -2.15. The average Bonchev–Trinajstić information content (AvgIpc) is 2.27. The van der Waals surface area contributed by atoms with Gasteiger partial charge in [0.1, 0.15) is 0 Å². The molecule has 0 saturated carbocycles. The smallest absolute Gasteiger partial charge is 0.280 e. The summed E-state index contributed by atoms with van der Waals surface area (Å²) in [4.78, 5) is 26.3. The number of nitrogens with zero attached hydrogens (tertiary/aromatic N) is 3. The molecule has 0 aromatic carbocycles. The number of H-pyrrole nitrogens is 1. The number of nitrogens with one attached hydrogen (secondary N) is 1. The first-order valence-corrected chi connectivity index (χ1v) is 6.57. The minimum atomic E-state index is -0.377. The summed E-state index contributed by atoms with van der Waals surface area (Å²) in [6, 6.07) is 0. The Morgan fingerprint density at radius 1 is 1.12 bits per heavy atom. The molecule has 2 heterocycles. The summed E-state index contributed by atoms with van der Waals surface area (Å²) in [5, 5.41) is 1.08. The van der Waals surface area contributed by atoms with Crippen LogP contribution in [0, 0.1) is 0 Å². The summed E-state index contributed by atoms with van der Waals surface area (Å²) in [5.41, 5.74) is 6.97. The zero-order valence-electron chi connectivity index (χ0n) is 8.00. The van der Waals surface area contributed by atoms with E-state index in [1.54, 1.807) is 0 Å². The fourth-order valence-electron chi connectivity index (χ4n) is 1.26. The SMILES string of the molecule is Nc1nc2nc(CBr)c(CBr)nc2c(=O)[nH]1. The number of anilines is 1. The van der Waals surface area contributed by atoms with Crippen molar-refractivity contribution in [1.82, 2.24) is 19.9 Å². The van der Waals surface area contributed by atoms with Gasteiger partial charge in [-0.2, -0.15) is 4.98 Å². The molecule has 0 aliphatic heterocycles. The van der Waals surface area contributed by atoms with Gasteiger partial charge in [0.25, 0.3) is 5.56 Å². The number of alkyl halides is 2. The molecule has 84 valence electrons. The average molecular weight is 349 g/mol. The van der Waals surface area contributed by atoms with E-state index in [0.717, 1.165) is 5.69 Å². The van der Waals surface area contributed by atoms with Crippen molar-refractivity contribution >= 4 is 49.0 Å². The van der Waals surface area contributed by atoms with E-state index in [1.165, 1.54) is 0 Å². The predicted molar refractivity (Wildman–Crippen MR) is 67.6 cm³/mol. The van der Waals surface area contributed by atoms with Crippen LogP contribution in [0.15, 0.2) is 4.79 Å². The molecule has 0 bridgehead atoms. The minimum Gasteiger partial charge on any atom is -0.369 e. The van der Waals surface area contributed by atoms with Crippen LogP contribution in [0.4, 0.5) is 5.95 Å².